The lowest BCUT2D eigenvalue weighted by atomic mass is 10.1. The summed E-state index contributed by atoms with van der Waals surface area (Å²) in [5.74, 6) is 0. The van der Waals surface area contributed by atoms with Gasteiger partial charge >= 0.3 is 0 Å². The quantitative estimate of drug-likeness (QED) is 0.129. The van der Waals surface area contributed by atoms with E-state index in [1.807, 2.05) is 0 Å². The van der Waals surface area contributed by atoms with Crippen molar-refractivity contribution in [2.45, 2.75) is 96.8 Å². The molecule has 9 heteroatoms. The average Bonchev–Trinajstić information content (AvgIpc) is 2.79. The number of nitrogens with zero attached hydrogens (tertiary/aromatic N) is 2. The Balaban J connectivity index is -0.000000132. The van der Waals surface area contributed by atoms with Crippen LogP contribution >= 0.6 is 24.8 Å². The largest absolute Gasteiger partial charge is 0.396 e. The minimum Gasteiger partial charge on any atom is -0.396 e. The predicted molar refractivity (Wildman–Crippen MR) is 155 cm³/mol. The van der Waals surface area contributed by atoms with Crippen LogP contribution in [-0.2, 0) is 0 Å². The molecule has 0 aliphatic carbocycles. The number of halogens is 2. The molecule has 0 rings (SSSR count). The molecule has 0 amide bonds. The fourth-order valence-corrected chi connectivity index (χ4v) is 3.25. The molecule has 0 atom stereocenters. The van der Waals surface area contributed by atoms with Gasteiger partial charge in [-0.05, 0) is 39.9 Å². The molecule has 0 aromatic heterocycles. The zero-order valence-electron chi connectivity index (χ0n) is 23.2. The Morgan fingerprint density at radius 3 is 1.00 bits per heavy atom. The molecule has 0 heterocycles. The van der Waals surface area contributed by atoms with Crippen LogP contribution in [0.15, 0.2) is 0 Å². The van der Waals surface area contributed by atoms with Crippen LogP contribution in [0, 0.1) is 0 Å². The third-order valence-corrected chi connectivity index (χ3v) is 5.27. The number of aliphatic hydroxyl groups is 5. The van der Waals surface area contributed by atoms with Gasteiger partial charge in [0.2, 0.25) is 0 Å². The topological polar surface area (TPSA) is 108 Å². The van der Waals surface area contributed by atoms with Crippen LogP contribution in [0.5, 0.6) is 0 Å². The molecule has 0 saturated carbocycles. The highest BCUT2D eigenvalue weighted by Crippen LogP contribution is 2.10. The highest BCUT2D eigenvalue weighted by molar-refractivity contribution is 5.85. The molecule has 0 bridgehead atoms. The first kappa shape index (κ1) is 45.2. The van der Waals surface area contributed by atoms with Crippen molar-refractivity contribution in [2.24, 2.45) is 0 Å². The van der Waals surface area contributed by atoms with E-state index in [9.17, 15) is 0 Å². The lowest BCUT2D eigenvalue weighted by Crippen LogP contribution is -2.32. The van der Waals surface area contributed by atoms with E-state index in [1.165, 1.54) is 70.8 Å². The van der Waals surface area contributed by atoms with Gasteiger partial charge in [0.1, 0.15) is 0 Å². The van der Waals surface area contributed by atoms with Crippen LogP contribution in [0.1, 0.15) is 96.8 Å². The maximum Gasteiger partial charge on any atom is 0.0558 e. The number of aliphatic hydroxyl groups excluding tert-OH is 5. The van der Waals surface area contributed by atoms with Crippen LogP contribution in [0.2, 0.25) is 0 Å². The monoisotopic (exact) mass is 552 g/mol. The van der Waals surface area contributed by atoms with Gasteiger partial charge in [-0.25, -0.2) is 0 Å². The van der Waals surface area contributed by atoms with Gasteiger partial charge in [0, 0.05) is 32.8 Å². The van der Waals surface area contributed by atoms with E-state index < -0.39 is 0 Å². The van der Waals surface area contributed by atoms with Crippen molar-refractivity contribution in [1.29, 1.82) is 0 Å². The second-order valence-corrected chi connectivity index (χ2v) is 8.86. The van der Waals surface area contributed by atoms with E-state index in [0.717, 1.165) is 25.7 Å². The summed E-state index contributed by atoms with van der Waals surface area (Å²) in [4.78, 5) is 4.07. The van der Waals surface area contributed by atoms with Crippen molar-refractivity contribution >= 4 is 24.8 Å². The van der Waals surface area contributed by atoms with Crippen molar-refractivity contribution in [1.82, 2.24) is 9.80 Å². The van der Waals surface area contributed by atoms with Crippen LogP contribution < -0.4 is 0 Å². The first-order valence-electron chi connectivity index (χ1n) is 13.4. The molecule has 0 spiro atoms. The van der Waals surface area contributed by atoms with E-state index >= 15 is 0 Å². The number of unbranched alkanes of at least 4 members (excludes halogenated alkanes) is 12. The van der Waals surface area contributed by atoms with Crippen LogP contribution in [0.3, 0.4) is 0 Å². The number of hydrogen-bond acceptors (Lipinski definition) is 7. The maximum absolute atomic E-state index is 8.48. The summed E-state index contributed by atoms with van der Waals surface area (Å²) >= 11 is 0. The lowest BCUT2D eigenvalue weighted by Gasteiger charge is -2.17. The first-order chi connectivity index (χ1) is 16.0. The lowest BCUT2D eigenvalue weighted by molar-refractivity contribution is 0.136. The fraction of sp³-hybridized carbons (Fsp3) is 1.00. The van der Waals surface area contributed by atoms with Gasteiger partial charge in [-0.1, -0.05) is 77.6 Å². The molecule has 0 aliphatic heterocycles. The molecular weight excluding hydrogens is 491 g/mol. The molecule has 5 N–H and O–H groups in total. The summed E-state index contributed by atoms with van der Waals surface area (Å²) < 4.78 is 0. The van der Waals surface area contributed by atoms with Crippen molar-refractivity contribution in [3.8, 4) is 0 Å². The Morgan fingerprint density at radius 2 is 0.714 bits per heavy atom. The molecule has 0 unspecified atom stereocenters. The third kappa shape index (κ3) is 51.7. The average molecular weight is 554 g/mol. The van der Waals surface area contributed by atoms with Crippen molar-refractivity contribution < 1.29 is 25.5 Å². The van der Waals surface area contributed by atoms with Crippen molar-refractivity contribution in [3.05, 3.63) is 0 Å². The van der Waals surface area contributed by atoms with Gasteiger partial charge in [0.25, 0.3) is 0 Å². The summed E-state index contributed by atoms with van der Waals surface area (Å²) in [7, 11) is 4.32. The standard InChI is InChI=1S/C14H31N.C6H15NO3.C6H14O2.2ClH/c1-4-5-6-7-8-9-10-11-12-13-14-15(2)3;8-4-1-7(2-5-9)3-6-10;7-5-3-1-2-4-6-8;;/h4-14H2,1-3H3;8-10H,1-6H2;7-8H,1-6H2;2*1H. The molecular formula is C26H62Cl2N2O5. The molecule has 0 radical (unpaired) electrons. The molecule has 0 aliphatic rings. The van der Waals surface area contributed by atoms with Crippen molar-refractivity contribution in [2.75, 3.05) is 73.3 Å². The normalized spacial score (nSPS) is 10.1. The van der Waals surface area contributed by atoms with E-state index in [4.69, 9.17) is 25.5 Å². The zero-order chi connectivity index (χ0) is 25.4. The van der Waals surface area contributed by atoms with Crippen molar-refractivity contribution in [3.63, 3.8) is 0 Å². The second-order valence-electron chi connectivity index (χ2n) is 8.86. The number of hydrogen-bond donors (Lipinski definition) is 5. The van der Waals surface area contributed by atoms with Gasteiger partial charge in [-0.3, -0.25) is 4.90 Å². The Morgan fingerprint density at radius 1 is 0.400 bits per heavy atom. The zero-order valence-corrected chi connectivity index (χ0v) is 24.8. The Bertz CT molecular complexity index is 301. The van der Waals surface area contributed by atoms with E-state index in [1.54, 1.807) is 4.90 Å². The smallest absolute Gasteiger partial charge is 0.0558 e. The fourth-order valence-electron chi connectivity index (χ4n) is 3.25. The highest BCUT2D eigenvalue weighted by Gasteiger charge is 2.00. The molecule has 0 fully saturated rings. The Labute approximate surface area is 230 Å². The summed E-state index contributed by atoms with van der Waals surface area (Å²) in [5.41, 5.74) is 0. The Hall–Kier alpha value is 0.300. The molecule has 35 heavy (non-hydrogen) atoms. The molecule has 220 valence electrons. The minimum absolute atomic E-state index is 0. The highest BCUT2D eigenvalue weighted by atomic mass is 35.5. The summed E-state index contributed by atoms with van der Waals surface area (Å²) in [6, 6.07) is 0. The first-order valence-corrected chi connectivity index (χ1v) is 13.4. The maximum atomic E-state index is 8.48. The predicted octanol–water partition coefficient (Wildman–Crippen LogP) is 4.11. The van der Waals surface area contributed by atoms with Gasteiger partial charge < -0.3 is 30.4 Å². The molecule has 0 saturated heterocycles. The Kier molecular flexibility index (Phi) is 57.3. The molecule has 0 aromatic carbocycles. The van der Waals surface area contributed by atoms with Gasteiger partial charge in [0.15, 0.2) is 0 Å². The second kappa shape index (κ2) is 44.3. The van der Waals surface area contributed by atoms with Crippen LogP contribution in [-0.4, -0.2) is 109 Å². The summed E-state index contributed by atoms with van der Waals surface area (Å²) in [6.07, 6.45) is 18.2. The molecule has 0 aromatic rings. The molecule has 7 nitrogen and oxygen atoms in total. The van der Waals surface area contributed by atoms with E-state index in [-0.39, 0.29) is 57.8 Å². The van der Waals surface area contributed by atoms with Crippen LogP contribution in [0.4, 0.5) is 0 Å². The minimum atomic E-state index is 0. The van der Waals surface area contributed by atoms with E-state index in [0.29, 0.717) is 19.6 Å². The summed E-state index contributed by atoms with van der Waals surface area (Å²) in [5, 5.41) is 42.1. The van der Waals surface area contributed by atoms with E-state index in [2.05, 4.69) is 25.9 Å². The summed E-state index contributed by atoms with van der Waals surface area (Å²) in [6.45, 7) is 5.86. The number of rotatable bonds is 22. The third-order valence-electron chi connectivity index (χ3n) is 5.27. The van der Waals surface area contributed by atoms with Gasteiger partial charge in [-0.2, -0.15) is 0 Å². The van der Waals surface area contributed by atoms with Gasteiger partial charge in [0.05, 0.1) is 19.8 Å². The van der Waals surface area contributed by atoms with Crippen LogP contribution in [0.25, 0.3) is 0 Å². The van der Waals surface area contributed by atoms with Gasteiger partial charge in [-0.15, -0.1) is 24.8 Å². The SMILES string of the molecule is CCCCCCCCCCCCN(C)C.Cl.Cl.OCCCCCCO.OCCN(CCO)CCO.